The van der Waals surface area contributed by atoms with Crippen molar-refractivity contribution in [2.45, 2.75) is 17.2 Å². The summed E-state index contributed by atoms with van der Waals surface area (Å²) in [7, 11) is 18.4. The number of rotatable bonds is 2. The number of hydrogen-bond donors (Lipinski definition) is 0. The molecule has 0 aliphatic heterocycles. The van der Waals surface area contributed by atoms with Gasteiger partial charge in [0.25, 0.3) is 0 Å². The summed E-state index contributed by atoms with van der Waals surface area (Å²) in [5.41, 5.74) is 0. The van der Waals surface area contributed by atoms with Gasteiger partial charge in [0, 0.05) is 0 Å². The molecule has 0 heterocycles. The van der Waals surface area contributed by atoms with Crippen molar-refractivity contribution in [3.8, 4) is 0 Å². The first-order valence-corrected chi connectivity index (χ1v) is 14.7. The summed E-state index contributed by atoms with van der Waals surface area (Å²) in [5.74, 6) is 0.367. The molecule has 0 atom stereocenters. The van der Waals surface area contributed by atoms with E-state index in [1.165, 1.54) is 0 Å². The van der Waals surface area contributed by atoms with E-state index >= 15 is 0 Å². The molecule has 1 aliphatic rings. The molecule has 1 rings (SSSR count). The van der Waals surface area contributed by atoms with Gasteiger partial charge in [-0.25, -0.2) is 0 Å². The Hall–Kier alpha value is 1.17. The van der Waals surface area contributed by atoms with Crippen LogP contribution in [0.15, 0.2) is 24.3 Å². The van der Waals surface area contributed by atoms with Gasteiger partial charge in [-0.1, -0.05) is 0 Å². The fourth-order valence-electron chi connectivity index (χ4n) is 1.32. The zero-order valence-electron chi connectivity index (χ0n) is 6.97. The van der Waals surface area contributed by atoms with E-state index in [0.717, 1.165) is 0 Å². The Labute approximate surface area is 88.6 Å². The van der Waals surface area contributed by atoms with Gasteiger partial charge < -0.3 is 0 Å². The monoisotopic (exact) mass is 333 g/mol. The molecule has 0 aromatic carbocycles. The topological polar surface area (TPSA) is 0 Å². The molecule has 0 unspecified atom stereocenters. The summed E-state index contributed by atoms with van der Waals surface area (Å²) < 4.78 is -0.233. The zero-order chi connectivity index (χ0) is 9.41. The van der Waals surface area contributed by atoms with Gasteiger partial charge >= 0.3 is 89.3 Å². The van der Waals surface area contributed by atoms with E-state index in [1.807, 2.05) is 24.3 Å². The summed E-state index contributed by atoms with van der Waals surface area (Å²) in [5, 5.41) is 0. The van der Waals surface area contributed by atoms with Gasteiger partial charge in [-0.15, -0.1) is 0 Å². The molecule has 4 heteroatoms. The molecule has 0 bridgehead atoms. The van der Waals surface area contributed by atoms with E-state index < -0.39 is 15.4 Å². The molecule has 12 heavy (non-hydrogen) atoms. The second-order valence-electron chi connectivity index (χ2n) is 3.21. The molecule has 0 spiro atoms. The van der Waals surface area contributed by atoms with Crippen molar-refractivity contribution in [1.29, 1.82) is 0 Å². The maximum absolute atomic E-state index is 6.12. The van der Waals surface area contributed by atoms with Crippen molar-refractivity contribution in [1.82, 2.24) is 0 Å². The second-order valence-corrected chi connectivity index (χ2v) is 21.6. The van der Waals surface area contributed by atoms with Gasteiger partial charge in [0.1, 0.15) is 0 Å². The van der Waals surface area contributed by atoms with Crippen LogP contribution in [0.5, 0.6) is 0 Å². The van der Waals surface area contributed by atoms with Gasteiger partial charge in [0.05, 0.1) is 0 Å². The molecular formula is C8H11Cl3Sb. The molecule has 0 fully saturated rings. The summed E-state index contributed by atoms with van der Waals surface area (Å²) in [6, 6.07) is 0. The van der Waals surface area contributed by atoms with E-state index in [2.05, 4.69) is 13.8 Å². The molecule has 1 aliphatic carbocycles. The van der Waals surface area contributed by atoms with Crippen LogP contribution in [0, 0.1) is 5.92 Å². The van der Waals surface area contributed by atoms with Gasteiger partial charge in [-0.3, -0.25) is 0 Å². The van der Waals surface area contributed by atoms with Gasteiger partial charge in [-0.2, -0.15) is 0 Å². The number of halogens is 3. The van der Waals surface area contributed by atoms with E-state index in [9.17, 15) is 0 Å². The third-order valence-electron chi connectivity index (χ3n) is 2.20. The van der Waals surface area contributed by atoms with Crippen molar-refractivity contribution < 1.29 is 0 Å². The summed E-state index contributed by atoms with van der Waals surface area (Å²) >= 11 is -3.33. The zero-order valence-corrected chi connectivity index (χ0v) is 11.8. The molecule has 0 nitrogen and oxygen atoms in total. The Morgan fingerprint density at radius 2 is 1.50 bits per heavy atom. The normalized spacial score (nSPS) is 20.8. The van der Waals surface area contributed by atoms with Crippen LogP contribution in [0.3, 0.4) is 0 Å². The summed E-state index contributed by atoms with van der Waals surface area (Å²) in [4.78, 5) is 0. The molecule has 0 N–H and O–H groups in total. The Balaban J connectivity index is 3.05. The number of allylic oxidation sites excluding steroid dienone is 4. The quantitative estimate of drug-likeness (QED) is 0.665. The third kappa shape index (κ3) is 1.82. The predicted molar refractivity (Wildman–Crippen MR) is 59.1 cm³/mol. The van der Waals surface area contributed by atoms with Crippen molar-refractivity contribution in [2.24, 2.45) is 5.92 Å². The first-order valence-electron chi connectivity index (χ1n) is 3.75. The third-order valence-corrected chi connectivity index (χ3v) is 12.9. The molecular weight excluding hydrogens is 324 g/mol. The number of hydrogen-bond acceptors (Lipinski definition) is 0. The van der Waals surface area contributed by atoms with Gasteiger partial charge in [0.2, 0.25) is 0 Å². The molecule has 0 amide bonds. The molecule has 0 saturated heterocycles. The Kier molecular flexibility index (Phi) is 3.50. The molecule has 0 saturated carbocycles. The fraction of sp³-hybridized carbons (Fsp3) is 0.500. The Bertz CT molecular complexity index is 213. The molecule has 1 radical (unpaired) electrons. The molecule has 0 aromatic heterocycles. The average molecular weight is 335 g/mol. The van der Waals surface area contributed by atoms with E-state index in [0.29, 0.717) is 5.92 Å². The van der Waals surface area contributed by atoms with Crippen molar-refractivity contribution in [2.75, 3.05) is 0 Å². The first kappa shape index (κ1) is 11.2. The average Bonchev–Trinajstić information content (AvgIpc) is 2.31. The minimum atomic E-state index is -3.33. The van der Waals surface area contributed by atoms with Crippen LogP contribution in [0.1, 0.15) is 13.8 Å². The molecule has 0 aromatic rings. The SMILES string of the molecule is CC(C)[C]1([Sb]([Cl])([Cl])[Cl])C=CC=C1. The van der Waals surface area contributed by atoms with Crippen LogP contribution < -0.4 is 0 Å². The van der Waals surface area contributed by atoms with E-state index in [-0.39, 0.29) is 3.36 Å². The summed E-state index contributed by atoms with van der Waals surface area (Å²) in [6.07, 6.45) is 8.01. The van der Waals surface area contributed by atoms with E-state index in [4.69, 9.17) is 26.5 Å². The maximum atomic E-state index is 6.12. The van der Waals surface area contributed by atoms with Crippen LogP contribution in [0.25, 0.3) is 0 Å². The van der Waals surface area contributed by atoms with Crippen LogP contribution in [-0.2, 0) is 0 Å². The Morgan fingerprint density at radius 3 is 1.67 bits per heavy atom. The predicted octanol–water partition coefficient (Wildman–Crippen LogP) is 4.16. The summed E-state index contributed by atoms with van der Waals surface area (Å²) in [6.45, 7) is 4.19. The van der Waals surface area contributed by atoms with Crippen molar-refractivity contribution in [3.05, 3.63) is 24.3 Å². The van der Waals surface area contributed by atoms with Crippen molar-refractivity contribution >= 4 is 41.9 Å². The van der Waals surface area contributed by atoms with Crippen LogP contribution >= 0.6 is 26.5 Å². The van der Waals surface area contributed by atoms with Gasteiger partial charge in [-0.05, 0) is 0 Å². The fourth-order valence-corrected chi connectivity index (χ4v) is 10.6. The molecule has 69 valence electrons. The first-order chi connectivity index (χ1) is 5.40. The second kappa shape index (κ2) is 3.73. The van der Waals surface area contributed by atoms with Crippen LogP contribution in [-0.4, -0.2) is 15.4 Å². The van der Waals surface area contributed by atoms with Gasteiger partial charge in [0.15, 0.2) is 0 Å². The van der Waals surface area contributed by atoms with E-state index in [1.54, 1.807) is 0 Å². The van der Waals surface area contributed by atoms with Crippen molar-refractivity contribution in [3.63, 3.8) is 0 Å². The Morgan fingerprint density at radius 1 is 1.08 bits per heavy atom. The van der Waals surface area contributed by atoms with Crippen LogP contribution in [0.2, 0.25) is 3.36 Å². The standard InChI is InChI=1S/C8H11.3ClH.Sb/c1-7(2)8-5-3-4-6-8;;;;/h3-7H,1-2H3;3*1H;/q;;;;+3/p-3. The minimum absolute atomic E-state index is 0.233. The van der Waals surface area contributed by atoms with Crippen LogP contribution in [0.4, 0.5) is 0 Å².